The van der Waals surface area contributed by atoms with E-state index in [0.717, 1.165) is 25.0 Å². The van der Waals surface area contributed by atoms with Crippen LogP contribution in [-0.4, -0.2) is 28.2 Å². The monoisotopic (exact) mass is 338 g/mol. The van der Waals surface area contributed by atoms with E-state index in [9.17, 15) is 12.8 Å². The fourth-order valence-corrected chi connectivity index (χ4v) is 3.18. The molecule has 0 saturated heterocycles. The maximum absolute atomic E-state index is 13.2. The van der Waals surface area contributed by atoms with Gasteiger partial charge in [-0.2, -0.15) is 0 Å². The zero-order valence-corrected chi connectivity index (χ0v) is 13.4. The molecule has 21 heavy (non-hydrogen) atoms. The lowest BCUT2D eigenvalue weighted by Crippen LogP contribution is -2.26. The highest BCUT2D eigenvalue weighted by Crippen LogP contribution is 2.26. The summed E-state index contributed by atoms with van der Waals surface area (Å²) in [5.41, 5.74) is 5.10. The van der Waals surface area contributed by atoms with Crippen molar-refractivity contribution in [2.45, 2.75) is 31.1 Å². The molecule has 120 valence electrons. The Morgan fingerprint density at radius 3 is 2.67 bits per heavy atom. The number of hydrogen-bond donors (Lipinski definition) is 2. The van der Waals surface area contributed by atoms with Gasteiger partial charge < -0.3 is 10.5 Å². The fourth-order valence-electron chi connectivity index (χ4n) is 1.56. The highest BCUT2D eigenvalue weighted by molar-refractivity contribution is 7.89. The Bertz CT molecular complexity index is 567. The molecular weight excluding hydrogens is 319 g/mol. The number of rotatable bonds is 9. The SMILES string of the molecule is CCCCOCCCNS(=O)(=O)c1cc(N)c(F)cc1Cl. The Balaban J connectivity index is 2.53. The zero-order chi connectivity index (χ0) is 15.9. The van der Waals surface area contributed by atoms with Crippen molar-refractivity contribution in [1.82, 2.24) is 4.72 Å². The molecule has 0 aliphatic rings. The fraction of sp³-hybridized carbons (Fsp3) is 0.538. The summed E-state index contributed by atoms with van der Waals surface area (Å²) in [5, 5.41) is -0.201. The second-order valence-electron chi connectivity index (χ2n) is 4.52. The van der Waals surface area contributed by atoms with Gasteiger partial charge in [-0.3, -0.25) is 0 Å². The molecule has 1 rings (SSSR count). The van der Waals surface area contributed by atoms with Crippen molar-refractivity contribution in [3.63, 3.8) is 0 Å². The number of anilines is 1. The smallest absolute Gasteiger partial charge is 0.242 e. The van der Waals surface area contributed by atoms with E-state index >= 15 is 0 Å². The number of nitrogen functional groups attached to an aromatic ring is 1. The van der Waals surface area contributed by atoms with Crippen LogP contribution in [0.25, 0.3) is 0 Å². The third kappa shape index (κ3) is 5.78. The number of nitrogens with one attached hydrogen (secondary N) is 1. The quantitative estimate of drug-likeness (QED) is 0.535. The Hall–Kier alpha value is -0.890. The Morgan fingerprint density at radius 1 is 1.33 bits per heavy atom. The van der Waals surface area contributed by atoms with E-state index < -0.39 is 15.8 Å². The van der Waals surface area contributed by atoms with Gasteiger partial charge in [0.25, 0.3) is 0 Å². The standard InChI is InChI=1S/C13H20ClFN2O3S/c1-2-3-6-20-7-4-5-17-21(18,19)13-9-12(16)11(15)8-10(13)14/h8-9,17H,2-7,16H2,1H3. The highest BCUT2D eigenvalue weighted by atomic mass is 35.5. The molecular formula is C13H20ClFN2O3S. The molecule has 0 atom stereocenters. The molecule has 0 aromatic heterocycles. The molecule has 1 aromatic carbocycles. The maximum atomic E-state index is 13.2. The summed E-state index contributed by atoms with van der Waals surface area (Å²) in [6.45, 7) is 3.42. The van der Waals surface area contributed by atoms with Gasteiger partial charge in [-0.1, -0.05) is 24.9 Å². The van der Waals surface area contributed by atoms with Crippen LogP contribution in [0.3, 0.4) is 0 Å². The minimum Gasteiger partial charge on any atom is -0.396 e. The van der Waals surface area contributed by atoms with Crippen molar-refractivity contribution >= 4 is 27.3 Å². The number of sulfonamides is 1. The van der Waals surface area contributed by atoms with Gasteiger partial charge >= 0.3 is 0 Å². The van der Waals surface area contributed by atoms with Crippen LogP contribution in [0.5, 0.6) is 0 Å². The normalized spacial score (nSPS) is 11.8. The first-order chi connectivity index (χ1) is 9.88. The maximum Gasteiger partial charge on any atom is 0.242 e. The molecule has 0 bridgehead atoms. The molecule has 0 aliphatic carbocycles. The molecule has 0 saturated carbocycles. The van der Waals surface area contributed by atoms with Crippen molar-refractivity contribution < 1.29 is 17.5 Å². The third-order valence-electron chi connectivity index (χ3n) is 2.74. The number of benzene rings is 1. The van der Waals surface area contributed by atoms with Crippen LogP contribution in [0.4, 0.5) is 10.1 Å². The van der Waals surface area contributed by atoms with Gasteiger partial charge in [0.05, 0.1) is 10.7 Å². The van der Waals surface area contributed by atoms with E-state index in [1.165, 1.54) is 0 Å². The summed E-state index contributed by atoms with van der Waals surface area (Å²) in [6, 6.07) is 1.90. The Labute approximate surface area is 129 Å². The molecule has 0 radical (unpaired) electrons. The summed E-state index contributed by atoms with van der Waals surface area (Å²) in [5.74, 6) is -0.747. The van der Waals surface area contributed by atoms with Gasteiger partial charge in [0.1, 0.15) is 10.7 Å². The first kappa shape index (κ1) is 18.2. The molecule has 0 spiro atoms. The summed E-state index contributed by atoms with van der Waals surface area (Å²) in [6.07, 6.45) is 2.57. The van der Waals surface area contributed by atoms with E-state index in [1.807, 2.05) is 0 Å². The summed E-state index contributed by atoms with van der Waals surface area (Å²) in [4.78, 5) is -0.227. The van der Waals surface area contributed by atoms with E-state index in [4.69, 9.17) is 22.1 Å². The van der Waals surface area contributed by atoms with Gasteiger partial charge in [-0.05, 0) is 25.0 Å². The molecule has 0 amide bonds. The van der Waals surface area contributed by atoms with Gasteiger partial charge in [-0.15, -0.1) is 0 Å². The predicted molar refractivity (Wildman–Crippen MR) is 81.4 cm³/mol. The minimum absolute atomic E-state index is 0.201. The lowest BCUT2D eigenvalue weighted by Gasteiger charge is -2.10. The van der Waals surface area contributed by atoms with Crippen LogP contribution >= 0.6 is 11.6 Å². The molecule has 3 N–H and O–H groups in total. The molecule has 5 nitrogen and oxygen atoms in total. The summed E-state index contributed by atoms with van der Waals surface area (Å²) in [7, 11) is -3.81. The van der Waals surface area contributed by atoms with Gasteiger partial charge in [0, 0.05) is 19.8 Å². The number of halogens is 2. The number of unbranched alkanes of at least 4 members (excludes halogenated alkanes) is 1. The number of ether oxygens (including phenoxy) is 1. The molecule has 8 heteroatoms. The average molecular weight is 339 g/mol. The summed E-state index contributed by atoms with van der Waals surface area (Å²) >= 11 is 5.74. The van der Waals surface area contributed by atoms with Crippen LogP contribution in [0.15, 0.2) is 17.0 Å². The molecule has 0 fully saturated rings. The molecule has 0 unspecified atom stereocenters. The molecule has 0 aliphatic heterocycles. The first-order valence-electron chi connectivity index (χ1n) is 6.70. The second-order valence-corrected chi connectivity index (χ2v) is 6.66. The van der Waals surface area contributed by atoms with Crippen molar-refractivity contribution in [2.24, 2.45) is 0 Å². The van der Waals surface area contributed by atoms with Gasteiger partial charge in [0.15, 0.2) is 0 Å². The van der Waals surface area contributed by atoms with E-state index in [-0.39, 0.29) is 22.2 Å². The van der Waals surface area contributed by atoms with Crippen molar-refractivity contribution in [3.05, 3.63) is 23.0 Å². The van der Waals surface area contributed by atoms with Gasteiger partial charge in [0.2, 0.25) is 10.0 Å². The Kier molecular flexibility index (Phi) is 7.37. The Morgan fingerprint density at radius 2 is 2.00 bits per heavy atom. The van der Waals surface area contributed by atoms with Crippen molar-refractivity contribution in [3.8, 4) is 0 Å². The topological polar surface area (TPSA) is 81.4 Å². The van der Waals surface area contributed by atoms with E-state index in [1.54, 1.807) is 0 Å². The third-order valence-corrected chi connectivity index (χ3v) is 4.67. The lowest BCUT2D eigenvalue weighted by atomic mass is 10.3. The van der Waals surface area contributed by atoms with E-state index in [2.05, 4.69) is 11.6 Å². The van der Waals surface area contributed by atoms with Gasteiger partial charge in [-0.25, -0.2) is 17.5 Å². The first-order valence-corrected chi connectivity index (χ1v) is 8.56. The molecule has 1 aromatic rings. The van der Waals surface area contributed by atoms with Crippen LogP contribution in [0.1, 0.15) is 26.2 Å². The second kappa shape index (κ2) is 8.53. The van der Waals surface area contributed by atoms with Crippen molar-refractivity contribution in [1.29, 1.82) is 0 Å². The molecule has 0 heterocycles. The predicted octanol–water partition coefficient (Wildman–Crippen LogP) is 2.55. The zero-order valence-electron chi connectivity index (χ0n) is 11.9. The van der Waals surface area contributed by atoms with E-state index in [0.29, 0.717) is 19.6 Å². The number of hydrogen-bond acceptors (Lipinski definition) is 4. The van der Waals surface area contributed by atoms with Crippen LogP contribution in [-0.2, 0) is 14.8 Å². The number of nitrogens with two attached hydrogens (primary N) is 1. The highest BCUT2D eigenvalue weighted by Gasteiger charge is 2.19. The summed E-state index contributed by atoms with van der Waals surface area (Å²) < 4.78 is 44.9. The minimum atomic E-state index is -3.81. The van der Waals surface area contributed by atoms with Crippen LogP contribution < -0.4 is 10.5 Å². The van der Waals surface area contributed by atoms with Crippen molar-refractivity contribution in [2.75, 3.05) is 25.5 Å². The van der Waals surface area contributed by atoms with Crippen LogP contribution in [0.2, 0.25) is 5.02 Å². The van der Waals surface area contributed by atoms with Crippen LogP contribution in [0, 0.1) is 5.82 Å². The average Bonchev–Trinajstić information content (AvgIpc) is 2.41. The lowest BCUT2D eigenvalue weighted by molar-refractivity contribution is 0.130. The largest absolute Gasteiger partial charge is 0.396 e.